The molecule has 0 aromatic rings. The number of hydrogen-bond acceptors (Lipinski definition) is 0. The van der Waals surface area contributed by atoms with E-state index in [4.69, 9.17) is 12.8 Å². The Kier molecular flexibility index (Phi) is 3.73. The van der Waals surface area contributed by atoms with Gasteiger partial charge in [0, 0.05) is 0 Å². The molecule has 0 bridgehead atoms. The summed E-state index contributed by atoms with van der Waals surface area (Å²) in [7, 11) is 0. The number of halogens is 1. The van der Waals surface area contributed by atoms with Gasteiger partial charge in [-0.2, -0.15) is 0 Å². The summed E-state index contributed by atoms with van der Waals surface area (Å²) in [5.74, 6) is 0. The SMILES string of the molecule is C#C[I-]C#C. The molecule has 0 heterocycles. The molecule has 0 rings (SSSR count). The van der Waals surface area contributed by atoms with Crippen LogP contribution in [0.3, 0.4) is 0 Å². The Labute approximate surface area is 42.2 Å². The van der Waals surface area contributed by atoms with Crippen molar-refractivity contribution in [3.8, 4) is 20.7 Å². The van der Waals surface area contributed by atoms with Crippen LogP contribution in [-0.2, 0) is 0 Å². The molecule has 0 aliphatic rings. The van der Waals surface area contributed by atoms with Crippen LogP contribution in [-0.4, -0.2) is 0 Å². The summed E-state index contributed by atoms with van der Waals surface area (Å²) in [5, 5.41) is 0. The van der Waals surface area contributed by atoms with E-state index in [0.29, 0.717) is 0 Å². The van der Waals surface area contributed by atoms with Crippen LogP contribution in [0.25, 0.3) is 0 Å². The first kappa shape index (κ1) is 4.85. The molecule has 0 aromatic heterocycles. The van der Waals surface area contributed by atoms with E-state index in [-0.39, 0.29) is 21.2 Å². The molecule has 0 nitrogen and oxygen atoms in total. The van der Waals surface area contributed by atoms with Crippen molar-refractivity contribution in [2.75, 3.05) is 0 Å². The summed E-state index contributed by atoms with van der Waals surface area (Å²) in [6.45, 7) is 0. The molecule has 0 aromatic carbocycles. The average Bonchev–Trinajstić information content (AvgIpc) is 1.41. The molecular formula is C4H2I-. The molecule has 0 saturated heterocycles. The van der Waals surface area contributed by atoms with Crippen LogP contribution in [0.2, 0.25) is 0 Å². The van der Waals surface area contributed by atoms with Crippen LogP contribution in [0.5, 0.6) is 0 Å². The topological polar surface area (TPSA) is 0 Å². The third-order valence-corrected chi connectivity index (χ3v) is 0.732. The first-order chi connectivity index (χ1) is 2.41. The van der Waals surface area contributed by atoms with E-state index >= 15 is 0 Å². The Morgan fingerprint density at radius 2 is 1.60 bits per heavy atom. The molecule has 0 spiro atoms. The van der Waals surface area contributed by atoms with Crippen molar-refractivity contribution in [3.63, 3.8) is 0 Å². The summed E-state index contributed by atoms with van der Waals surface area (Å²) in [5.41, 5.74) is 0. The first-order valence-electron chi connectivity index (χ1n) is 0.955. The molecule has 26 valence electrons. The average molecular weight is 177 g/mol. The van der Waals surface area contributed by atoms with Gasteiger partial charge in [-0.25, -0.2) is 0 Å². The van der Waals surface area contributed by atoms with Gasteiger partial charge < -0.3 is 0 Å². The quantitative estimate of drug-likeness (QED) is 0.278. The number of rotatable bonds is 0. The second-order valence-electron chi connectivity index (χ2n) is 0.313. The summed E-state index contributed by atoms with van der Waals surface area (Å²) < 4.78 is 4.78. The Morgan fingerprint density at radius 1 is 1.20 bits per heavy atom. The van der Waals surface area contributed by atoms with Crippen molar-refractivity contribution < 1.29 is 21.2 Å². The molecule has 0 N–H and O–H groups in total. The van der Waals surface area contributed by atoms with E-state index in [1.807, 2.05) is 0 Å². The molecule has 1 heteroatoms. The van der Waals surface area contributed by atoms with Crippen LogP contribution < -0.4 is 21.2 Å². The summed E-state index contributed by atoms with van der Waals surface area (Å²) in [6.07, 6.45) is 9.59. The molecular weight excluding hydrogens is 175 g/mol. The van der Waals surface area contributed by atoms with Crippen molar-refractivity contribution in [1.29, 1.82) is 0 Å². The standard InChI is InChI=1S/C4H2I/c1-3-5-4-2/h1-2H/q-1. The molecule has 5 heavy (non-hydrogen) atoms. The van der Waals surface area contributed by atoms with Gasteiger partial charge in [0.2, 0.25) is 0 Å². The van der Waals surface area contributed by atoms with Gasteiger partial charge >= 0.3 is 41.9 Å². The molecule has 0 atom stereocenters. The van der Waals surface area contributed by atoms with Crippen molar-refractivity contribution in [2.24, 2.45) is 0 Å². The zero-order chi connectivity index (χ0) is 4.12. The summed E-state index contributed by atoms with van der Waals surface area (Å²) >= 11 is -0.313. The summed E-state index contributed by atoms with van der Waals surface area (Å²) in [4.78, 5) is 0. The number of hydrogen-bond donors (Lipinski definition) is 0. The van der Waals surface area contributed by atoms with Crippen molar-refractivity contribution in [3.05, 3.63) is 0 Å². The van der Waals surface area contributed by atoms with Crippen LogP contribution in [0.1, 0.15) is 0 Å². The molecule has 0 saturated carbocycles. The van der Waals surface area contributed by atoms with E-state index < -0.39 is 0 Å². The Bertz CT molecular complexity index is 68.8. The molecule has 0 fully saturated rings. The number of terminal acetylenes is 2. The fraction of sp³-hybridized carbons (Fsp3) is 0. The predicted molar refractivity (Wildman–Crippen MR) is 17.7 cm³/mol. The second-order valence-corrected chi connectivity index (χ2v) is 2.10. The van der Waals surface area contributed by atoms with Crippen molar-refractivity contribution >= 4 is 0 Å². The third-order valence-electron chi connectivity index (χ3n) is 0.109. The van der Waals surface area contributed by atoms with E-state index in [1.165, 1.54) is 0 Å². The molecule has 0 aliphatic carbocycles. The van der Waals surface area contributed by atoms with Crippen molar-refractivity contribution in [1.82, 2.24) is 0 Å². The molecule has 0 radical (unpaired) electrons. The normalized spacial score (nSPS) is 5.20. The molecule has 0 amide bonds. The van der Waals surface area contributed by atoms with Crippen LogP contribution >= 0.6 is 0 Å². The van der Waals surface area contributed by atoms with Gasteiger partial charge in [0.05, 0.1) is 0 Å². The minimum atomic E-state index is -0.313. The zero-order valence-electron chi connectivity index (χ0n) is 2.53. The van der Waals surface area contributed by atoms with E-state index in [9.17, 15) is 0 Å². The second kappa shape index (κ2) is 3.85. The van der Waals surface area contributed by atoms with Crippen LogP contribution in [0, 0.1) is 20.7 Å². The Hall–Kier alpha value is -0.150. The summed E-state index contributed by atoms with van der Waals surface area (Å²) in [6, 6.07) is 0. The van der Waals surface area contributed by atoms with Gasteiger partial charge in [-0.05, 0) is 0 Å². The Balaban J connectivity index is 2.86. The van der Waals surface area contributed by atoms with E-state index in [1.54, 1.807) is 0 Å². The van der Waals surface area contributed by atoms with Gasteiger partial charge in [-0.1, -0.05) is 0 Å². The van der Waals surface area contributed by atoms with Crippen molar-refractivity contribution in [2.45, 2.75) is 0 Å². The molecule has 0 aliphatic heterocycles. The van der Waals surface area contributed by atoms with Gasteiger partial charge in [0.1, 0.15) is 0 Å². The van der Waals surface area contributed by atoms with Gasteiger partial charge in [-0.3, -0.25) is 0 Å². The van der Waals surface area contributed by atoms with Gasteiger partial charge in [0.25, 0.3) is 0 Å². The molecule has 0 unspecified atom stereocenters. The first-order valence-corrected chi connectivity index (χ1v) is 3.11. The predicted octanol–water partition coefficient (Wildman–Crippen LogP) is -2.74. The zero-order valence-corrected chi connectivity index (χ0v) is 4.69. The van der Waals surface area contributed by atoms with Crippen LogP contribution in [0.4, 0.5) is 0 Å². The van der Waals surface area contributed by atoms with Gasteiger partial charge in [0.15, 0.2) is 0 Å². The Morgan fingerprint density at radius 3 is 1.60 bits per heavy atom. The third kappa shape index (κ3) is 3.85. The van der Waals surface area contributed by atoms with Gasteiger partial charge in [-0.15, -0.1) is 0 Å². The van der Waals surface area contributed by atoms with E-state index in [2.05, 4.69) is 7.85 Å². The van der Waals surface area contributed by atoms with Crippen LogP contribution in [0.15, 0.2) is 0 Å². The minimum absolute atomic E-state index is 0.313. The fourth-order valence-corrected chi connectivity index (χ4v) is 0.211. The maximum absolute atomic E-state index is 4.80. The maximum atomic E-state index is 4.80. The monoisotopic (exact) mass is 177 g/mol. The van der Waals surface area contributed by atoms with E-state index in [0.717, 1.165) is 0 Å². The fourth-order valence-electron chi connectivity index (χ4n) is 0.0315.